The van der Waals surface area contributed by atoms with Crippen LogP contribution in [0.25, 0.3) is 0 Å². The Balaban J connectivity index is 1.72. The zero-order chi connectivity index (χ0) is 24.0. The van der Waals surface area contributed by atoms with E-state index >= 15 is 0 Å². The molecule has 0 fully saturated rings. The summed E-state index contributed by atoms with van der Waals surface area (Å²) in [4.78, 5) is 12.8. The Hall–Kier alpha value is -2.74. The largest absolute Gasteiger partial charge is 0.492 e. The number of sulfonamides is 1. The zero-order valence-electron chi connectivity index (χ0n) is 18.2. The van der Waals surface area contributed by atoms with Gasteiger partial charge in [0.25, 0.3) is 10.0 Å². The van der Waals surface area contributed by atoms with Gasteiger partial charge in [0.05, 0.1) is 17.1 Å². The predicted molar refractivity (Wildman–Crippen MR) is 132 cm³/mol. The van der Waals surface area contributed by atoms with Gasteiger partial charge in [-0.05, 0) is 61.4 Å². The van der Waals surface area contributed by atoms with Gasteiger partial charge in [-0.25, -0.2) is 8.42 Å². The molecule has 0 spiro atoms. The second kappa shape index (κ2) is 10.9. The lowest BCUT2D eigenvalue weighted by atomic mass is 10.2. The number of nitrogens with zero attached hydrogens (tertiary/aromatic N) is 1. The molecule has 0 aliphatic heterocycles. The normalized spacial score (nSPS) is 11.2. The molecule has 0 saturated heterocycles. The highest BCUT2D eigenvalue weighted by atomic mass is 35.5. The maximum absolute atomic E-state index is 13.4. The van der Waals surface area contributed by atoms with Crippen molar-refractivity contribution in [1.29, 1.82) is 0 Å². The molecule has 1 N–H and O–H groups in total. The number of benzene rings is 3. The predicted octanol–water partition coefficient (Wildman–Crippen LogP) is 5.00. The van der Waals surface area contributed by atoms with E-state index in [1.54, 1.807) is 49.4 Å². The molecule has 0 saturated carbocycles. The molecule has 0 aromatic heterocycles. The average molecular weight is 507 g/mol. The fourth-order valence-electron chi connectivity index (χ4n) is 3.08. The third kappa shape index (κ3) is 6.41. The Morgan fingerprint density at radius 1 is 0.970 bits per heavy atom. The summed E-state index contributed by atoms with van der Waals surface area (Å²) in [6.07, 6.45) is 0. The van der Waals surface area contributed by atoms with Gasteiger partial charge < -0.3 is 10.1 Å². The highest BCUT2D eigenvalue weighted by molar-refractivity contribution is 7.92. The van der Waals surface area contributed by atoms with Crippen molar-refractivity contribution < 1.29 is 17.9 Å². The highest BCUT2D eigenvalue weighted by Crippen LogP contribution is 2.29. The average Bonchev–Trinajstić information content (AvgIpc) is 2.79. The van der Waals surface area contributed by atoms with Gasteiger partial charge in [-0.3, -0.25) is 9.10 Å². The van der Waals surface area contributed by atoms with Crippen LogP contribution < -0.4 is 14.4 Å². The number of hydrogen-bond acceptors (Lipinski definition) is 4. The van der Waals surface area contributed by atoms with Gasteiger partial charge in [0.15, 0.2) is 0 Å². The SMILES string of the molecule is Cc1ccc(OCCNC(=O)CN(c2cc(Cl)ccc2C)S(=O)(=O)c2ccccc2)cc1Cl. The summed E-state index contributed by atoms with van der Waals surface area (Å²) in [5.41, 5.74) is 1.95. The second-order valence-corrected chi connectivity index (χ2v) is 10.1. The summed E-state index contributed by atoms with van der Waals surface area (Å²) in [7, 11) is -4.00. The van der Waals surface area contributed by atoms with Crippen molar-refractivity contribution in [2.75, 3.05) is 24.0 Å². The summed E-state index contributed by atoms with van der Waals surface area (Å²) in [6.45, 7) is 3.64. The molecular weight excluding hydrogens is 483 g/mol. The van der Waals surface area contributed by atoms with Crippen LogP contribution >= 0.6 is 23.2 Å². The molecule has 0 bridgehead atoms. The van der Waals surface area contributed by atoms with Crippen molar-refractivity contribution >= 4 is 44.8 Å². The highest BCUT2D eigenvalue weighted by Gasteiger charge is 2.28. The molecule has 0 heterocycles. The van der Waals surface area contributed by atoms with Crippen LogP contribution in [-0.2, 0) is 14.8 Å². The number of hydrogen-bond donors (Lipinski definition) is 1. The van der Waals surface area contributed by atoms with Crippen molar-refractivity contribution in [1.82, 2.24) is 5.32 Å². The molecule has 6 nitrogen and oxygen atoms in total. The van der Waals surface area contributed by atoms with E-state index in [4.69, 9.17) is 27.9 Å². The van der Waals surface area contributed by atoms with E-state index < -0.39 is 22.5 Å². The summed E-state index contributed by atoms with van der Waals surface area (Å²) >= 11 is 12.2. The van der Waals surface area contributed by atoms with Gasteiger partial charge in [0, 0.05) is 10.0 Å². The molecule has 0 radical (unpaired) electrons. The number of amides is 1. The van der Waals surface area contributed by atoms with Crippen molar-refractivity contribution in [2.45, 2.75) is 18.7 Å². The fraction of sp³-hybridized carbons (Fsp3) is 0.208. The Morgan fingerprint density at radius 3 is 2.36 bits per heavy atom. The van der Waals surface area contributed by atoms with Crippen LogP contribution in [0.5, 0.6) is 5.75 Å². The molecule has 1 amide bonds. The van der Waals surface area contributed by atoms with Crippen LogP contribution in [-0.4, -0.2) is 34.0 Å². The molecule has 3 rings (SSSR count). The summed E-state index contributed by atoms with van der Waals surface area (Å²) in [5.74, 6) is 0.113. The summed E-state index contributed by atoms with van der Waals surface area (Å²) in [5, 5.41) is 3.66. The third-order valence-corrected chi connectivity index (χ3v) is 7.31. The van der Waals surface area contributed by atoms with E-state index in [9.17, 15) is 13.2 Å². The van der Waals surface area contributed by atoms with Gasteiger partial charge in [-0.15, -0.1) is 0 Å². The van der Waals surface area contributed by atoms with Crippen LogP contribution in [0.2, 0.25) is 10.0 Å². The lowest BCUT2D eigenvalue weighted by Crippen LogP contribution is -2.42. The smallest absolute Gasteiger partial charge is 0.264 e. The molecule has 0 aliphatic carbocycles. The van der Waals surface area contributed by atoms with Gasteiger partial charge in [0.1, 0.15) is 18.9 Å². The molecule has 9 heteroatoms. The molecule has 0 atom stereocenters. The first-order chi connectivity index (χ1) is 15.7. The Kier molecular flexibility index (Phi) is 8.24. The lowest BCUT2D eigenvalue weighted by molar-refractivity contribution is -0.119. The molecule has 0 unspecified atom stereocenters. The lowest BCUT2D eigenvalue weighted by Gasteiger charge is -2.25. The number of carbonyl (C=O) groups is 1. The van der Waals surface area contributed by atoms with E-state index in [1.165, 1.54) is 18.2 Å². The number of rotatable bonds is 9. The maximum atomic E-state index is 13.4. The van der Waals surface area contributed by atoms with Crippen molar-refractivity contribution in [3.05, 3.63) is 87.9 Å². The Morgan fingerprint density at radius 2 is 1.67 bits per heavy atom. The van der Waals surface area contributed by atoms with Crippen LogP contribution in [0, 0.1) is 13.8 Å². The first-order valence-electron chi connectivity index (χ1n) is 10.2. The van der Waals surface area contributed by atoms with E-state index in [-0.39, 0.29) is 18.0 Å². The minimum absolute atomic E-state index is 0.0803. The first-order valence-corrected chi connectivity index (χ1v) is 12.4. The van der Waals surface area contributed by atoms with E-state index in [0.717, 1.165) is 9.87 Å². The number of nitrogens with one attached hydrogen (secondary N) is 1. The fourth-order valence-corrected chi connectivity index (χ4v) is 4.91. The van der Waals surface area contributed by atoms with Crippen LogP contribution in [0.3, 0.4) is 0 Å². The van der Waals surface area contributed by atoms with Crippen LogP contribution in [0.4, 0.5) is 5.69 Å². The number of anilines is 1. The molecule has 3 aromatic rings. The monoisotopic (exact) mass is 506 g/mol. The van der Waals surface area contributed by atoms with Crippen molar-refractivity contribution in [3.8, 4) is 5.75 Å². The summed E-state index contributed by atoms with van der Waals surface area (Å²) < 4.78 is 33.4. The minimum atomic E-state index is -4.00. The van der Waals surface area contributed by atoms with E-state index in [2.05, 4.69) is 5.32 Å². The zero-order valence-corrected chi connectivity index (χ0v) is 20.5. The van der Waals surface area contributed by atoms with Crippen molar-refractivity contribution in [2.24, 2.45) is 0 Å². The molecular formula is C24H24Cl2N2O4S. The molecule has 3 aromatic carbocycles. The topological polar surface area (TPSA) is 75.7 Å². The quantitative estimate of drug-likeness (QED) is 0.414. The van der Waals surface area contributed by atoms with Gasteiger partial charge in [-0.2, -0.15) is 0 Å². The minimum Gasteiger partial charge on any atom is -0.492 e. The van der Waals surface area contributed by atoms with Gasteiger partial charge in [0.2, 0.25) is 5.91 Å². The van der Waals surface area contributed by atoms with Gasteiger partial charge >= 0.3 is 0 Å². The number of aryl methyl sites for hydroxylation is 2. The Labute approximate surface area is 204 Å². The standard InChI is InChI=1S/C24H24Cl2N2O4S/c1-17-9-11-20(15-22(17)26)32-13-12-27-24(29)16-28(23-14-19(25)10-8-18(23)2)33(30,31)21-6-4-3-5-7-21/h3-11,14-15H,12-13,16H2,1-2H3,(H,27,29). The number of ether oxygens (including phenoxy) is 1. The first kappa shape index (κ1) is 24.9. The van der Waals surface area contributed by atoms with E-state index in [1.807, 2.05) is 13.0 Å². The van der Waals surface area contributed by atoms with Crippen molar-refractivity contribution in [3.63, 3.8) is 0 Å². The second-order valence-electron chi connectivity index (χ2n) is 7.36. The molecule has 33 heavy (non-hydrogen) atoms. The summed E-state index contributed by atoms with van der Waals surface area (Å²) in [6, 6.07) is 18.2. The number of halogens is 2. The van der Waals surface area contributed by atoms with E-state index in [0.29, 0.717) is 27.0 Å². The molecule has 0 aliphatic rings. The van der Waals surface area contributed by atoms with Crippen LogP contribution in [0.15, 0.2) is 71.6 Å². The Bertz CT molecular complexity index is 1230. The third-order valence-electron chi connectivity index (χ3n) is 4.89. The molecule has 174 valence electrons. The van der Waals surface area contributed by atoms with Gasteiger partial charge in [-0.1, -0.05) is 53.5 Å². The maximum Gasteiger partial charge on any atom is 0.264 e. The number of carbonyl (C=O) groups excluding carboxylic acids is 1. The van der Waals surface area contributed by atoms with Crippen LogP contribution in [0.1, 0.15) is 11.1 Å².